The van der Waals surface area contributed by atoms with Crippen LogP contribution in [0, 0.1) is 0 Å². The molecule has 4 amide bonds. The summed E-state index contributed by atoms with van der Waals surface area (Å²) in [6, 6.07) is 4.73. The predicted octanol–water partition coefficient (Wildman–Crippen LogP) is -0.382. The van der Waals surface area contributed by atoms with E-state index in [1.54, 1.807) is 24.3 Å². The monoisotopic (exact) mass is 669 g/mol. The number of carbonyl (C=O) groups is 7. The maximum absolute atomic E-state index is 13.2. The number of hydrogen-bond acceptors (Lipinski definition) is 11. The molecule has 0 fully saturated rings. The summed E-state index contributed by atoms with van der Waals surface area (Å²) in [7, 11) is 0. The standard InChI is InChI=1S/C30H35N7O11/c31-18-11-15-1-4-17(5-2-15)36-37-21-12-16(3-8-23(21)38)13-22(30(47)48)33-24(39)14-32-28(45)19(6-9-25(40)41)35-29(46)20(34-27(18)44)7-10-26(42)43/h1-5,8,12,18-20,22,38H,6-7,9-11,13-14,31H2,(H,32,45)(H,33,39)(H,34,44)(H,35,46)(H,40,41)(H,42,43)(H,47,48). The number of carboxylic acid groups (broad SMARTS) is 3. The van der Waals surface area contributed by atoms with Gasteiger partial charge >= 0.3 is 17.9 Å². The lowest BCUT2D eigenvalue weighted by atomic mass is 10.0. The highest BCUT2D eigenvalue weighted by atomic mass is 16.4. The first-order chi connectivity index (χ1) is 22.7. The van der Waals surface area contributed by atoms with Crippen LogP contribution in [0.3, 0.4) is 0 Å². The number of aromatic hydroxyl groups is 1. The highest BCUT2D eigenvalue weighted by Crippen LogP contribution is 2.30. The fourth-order valence-electron chi connectivity index (χ4n) is 4.53. The molecule has 256 valence electrons. The molecule has 0 spiro atoms. The van der Waals surface area contributed by atoms with E-state index in [1.807, 2.05) is 0 Å². The minimum absolute atomic E-state index is 0.00416. The zero-order chi connectivity index (χ0) is 35.4. The van der Waals surface area contributed by atoms with Gasteiger partial charge in [0, 0.05) is 19.3 Å². The molecule has 4 rings (SSSR count). The summed E-state index contributed by atoms with van der Waals surface area (Å²) >= 11 is 0. The highest BCUT2D eigenvalue weighted by Gasteiger charge is 2.30. The van der Waals surface area contributed by atoms with Gasteiger partial charge in [-0.1, -0.05) is 18.2 Å². The molecule has 18 heteroatoms. The number of benzene rings is 2. The first-order valence-corrected chi connectivity index (χ1v) is 14.6. The van der Waals surface area contributed by atoms with Gasteiger partial charge < -0.3 is 47.4 Å². The predicted molar refractivity (Wildman–Crippen MR) is 164 cm³/mol. The van der Waals surface area contributed by atoms with Crippen LogP contribution in [0.5, 0.6) is 5.75 Å². The van der Waals surface area contributed by atoms with Crippen LogP contribution in [-0.2, 0) is 46.4 Å². The molecule has 0 aliphatic carbocycles. The summed E-state index contributed by atoms with van der Waals surface area (Å²) in [6.45, 7) is -0.760. The smallest absolute Gasteiger partial charge is 0.326 e. The number of phenolic OH excluding ortho intramolecular Hbond substituents is 1. The van der Waals surface area contributed by atoms with Crippen molar-refractivity contribution in [1.82, 2.24) is 21.3 Å². The number of nitrogens with zero attached hydrogens (tertiary/aromatic N) is 2. The van der Waals surface area contributed by atoms with Crippen molar-refractivity contribution in [3.63, 3.8) is 0 Å². The molecule has 18 nitrogen and oxygen atoms in total. The van der Waals surface area contributed by atoms with Crippen LogP contribution in [0.15, 0.2) is 52.7 Å². The molecule has 4 atom stereocenters. The Morgan fingerprint density at radius 1 is 0.750 bits per heavy atom. The summed E-state index contributed by atoms with van der Waals surface area (Å²) in [5.74, 6) is -8.00. The van der Waals surface area contributed by atoms with E-state index in [2.05, 4.69) is 31.5 Å². The van der Waals surface area contributed by atoms with Crippen molar-refractivity contribution in [3.8, 4) is 5.75 Å². The lowest BCUT2D eigenvalue weighted by Gasteiger charge is -2.24. The summed E-state index contributed by atoms with van der Waals surface area (Å²) in [6.07, 6.45) is -2.23. The molecule has 2 aromatic carbocycles. The van der Waals surface area contributed by atoms with Crippen LogP contribution in [0.4, 0.5) is 11.4 Å². The van der Waals surface area contributed by atoms with E-state index in [0.717, 1.165) is 0 Å². The molecule has 10 N–H and O–H groups in total. The SMILES string of the molecule is NC1Cc2ccc(cc2)N=Nc2cc(ccc2O)CC(C(=O)O)NC(=O)CNC(=O)C(CCC(=O)O)NC(=O)C(CCC(=O)O)NC1=O. The second-order valence-corrected chi connectivity index (χ2v) is 10.9. The van der Waals surface area contributed by atoms with E-state index >= 15 is 0 Å². The Balaban J connectivity index is 1.95. The topological polar surface area (TPSA) is 299 Å². The fourth-order valence-corrected chi connectivity index (χ4v) is 4.53. The van der Waals surface area contributed by atoms with Crippen LogP contribution in [0.1, 0.15) is 36.8 Å². The minimum atomic E-state index is -1.54. The van der Waals surface area contributed by atoms with E-state index in [4.69, 9.17) is 15.9 Å². The van der Waals surface area contributed by atoms with Crippen molar-refractivity contribution in [2.45, 2.75) is 62.7 Å². The quantitative estimate of drug-likeness (QED) is 0.170. The first-order valence-electron chi connectivity index (χ1n) is 14.6. The average molecular weight is 670 g/mol. The summed E-state index contributed by atoms with van der Waals surface area (Å²) in [5, 5.41) is 55.5. The zero-order valence-electron chi connectivity index (χ0n) is 25.4. The number of aliphatic carboxylic acids is 3. The number of carbonyl (C=O) groups excluding carboxylic acids is 4. The summed E-state index contributed by atoms with van der Waals surface area (Å²) in [4.78, 5) is 86.2. The number of rotatable bonds is 7. The van der Waals surface area contributed by atoms with Crippen molar-refractivity contribution < 1.29 is 54.0 Å². The van der Waals surface area contributed by atoms with Crippen molar-refractivity contribution in [1.29, 1.82) is 0 Å². The average Bonchev–Trinajstić information content (AvgIpc) is 3.03. The largest absolute Gasteiger partial charge is 0.506 e. The third-order valence-electron chi connectivity index (χ3n) is 7.10. The maximum atomic E-state index is 13.2. The Labute approximate surface area is 272 Å². The molecule has 2 aromatic rings. The van der Waals surface area contributed by atoms with Gasteiger partial charge in [0.25, 0.3) is 0 Å². The van der Waals surface area contributed by atoms with Crippen LogP contribution in [0.25, 0.3) is 0 Å². The maximum Gasteiger partial charge on any atom is 0.326 e. The number of phenols is 1. The third-order valence-corrected chi connectivity index (χ3v) is 7.10. The van der Waals surface area contributed by atoms with E-state index < -0.39 is 97.9 Å². The van der Waals surface area contributed by atoms with E-state index in [9.17, 15) is 43.8 Å². The Kier molecular flexibility index (Phi) is 13.0. The minimum Gasteiger partial charge on any atom is -0.506 e. The van der Waals surface area contributed by atoms with E-state index in [1.165, 1.54) is 18.2 Å². The number of carboxylic acids is 3. The normalized spacial score (nSPS) is 21.2. The molecule has 2 aliphatic rings. The molecular formula is C30H35N7O11. The van der Waals surface area contributed by atoms with Crippen LogP contribution < -0.4 is 27.0 Å². The molecule has 0 saturated heterocycles. The molecule has 0 radical (unpaired) electrons. The molecule has 0 saturated carbocycles. The van der Waals surface area contributed by atoms with Gasteiger partial charge in [0.2, 0.25) is 23.6 Å². The van der Waals surface area contributed by atoms with Gasteiger partial charge in [-0.15, -0.1) is 5.11 Å². The number of nitrogens with two attached hydrogens (primary N) is 1. The summed E-state index contributed by atoms with van der Waals surface area (Å²) < 4.78 is 0. The Morgan fingerprint density at radius 2 is 1.33 bits per heavy atom. The van der Waals surface area contributed by atoms with Crippen LogP contribution in [0.2, 0.25) is 0 Å². The lowest BCUT2D eigenvalue weighted by molar-refractivity contribution is -0.141. The molecule has 0 aromatic heterocycles. The van der Waals surface area contributed by atoms with Crippen molar-refractivity contribution in [2.24, 2.45) is 16.0 Å². The van der Waals surface area contributed by atoms with E-state index in [0.29, 0.717) is 16.8 Å². The first kappa shape index (κ1) is 36.6. The van der Waals surface area contributed by atoms with Gasteiger partial charge in [0.05, 0.1) is 18.3 Å². The van der Waals surface area contributed by atoms with Gasteiger partial charge in [0.1, 0.15) is 29.6 Å². The second kappa shape index (κ2) is 17.1. The molecule has 4 unspecified atom stereocenters. The molecule has 2 aliphatic heterocycles. The Morgan fingerprint density at radius 3 is 1.94 bits per heavy atom. The van der Waals surface area contributed by atoms with Crippen LogP contribution >= 0.6 is 0 Å². The second-order valence-electron chi connectivity index (χ2n) is 10.9. The zero-order valence-corrected chi connectivity index (χ0v) is 25.4. The number of amides is 4. The fraction of sp³-hybridized carbons (Fsp3) is 0.367. The van der Waals surface area contributed by atoms with Crippen molar-refractivity contribution in [2.75, 3.05) is 6.54 Å². The Hall–Kier alpha value is -5.91. The van der Waals surface area contributed by atoms with E-state index in [-0.39, 0.29) is 24.3 Å². The highest BCUT2D eigenvalue weighted by molar-refractivity contribution is 5.95. The number of azo groups is 1. The van der Waals surface area contributed by atoms with Gasteiger partial charge in [-0.25, -0.2) is 4.79 Å². The number of hydrogen-bond donors (Lipinski definition) is 9. The van der Waals surface area contributed by atoms with Crippen molar-refractivity contribution in [3.05, 3.63) is 53.6 Å². The molecular weight excluding hydrogens is 634 g/mol. The number of fused-ring (bicyclic) bond motifs is 16. The van der Waals surface area contributed by atoms with Gasteiger partial charge in [0.15, 0.2) is 0 Å². The number of nitrogens with one attached hydrogen (secondary N) is 4. The van der Waals surface area contributed by atoms with Gasteiger partial charge in [-0.05, 0) is 54.7 Å². The summed E-state index contributed by atoms with van der Waals surface area (Å²) in [5.41, 5.74) is 7.40. The van der Waals surface area contributed by atoms with Crippen LogP contribution in [-0.4, -0.2) is 92.7 Å². The molecule has 2 heterocycles. The molecule has 4 bridgehead atoms. The Bertz CT molecular complexity index is 1580. The van der Waals surface area contributed by atoms with Gasteiger partial charge in [-0.2, -0.15) is 5.11 Å². The van der Waals surface area contributed by atoms with Crippen molar-refractivity contribution >= 4 is 52.9 Å². The third kappa shape index (κ3) is 11.5. The lowest BCUT2D eigenvalue weighted by Crippen LogP contribution is -2.56. The van der Waals surface area contributed by atoms with Gasteiger partial charge in [-0.3, -0.25) is 28.8 Å². The molecule has 48 heavy (non-hydrogen) atoms.